The Morgan fingerprint density at radius 3 is 2.83 bits per heavy atom. The lowest BCUT2D eigenvalue weighted by Crippen LogP contribution is -2.35. The summed E-state index contributed by atoms with van der Waals surface area (Å²) in [5.74, 6) is -1.31. The third kappa shape index (κ3) is 1.91. The van der Waals surface area contributed by atoms with Gasteiger partial charge < -0.3 is 5.32 Å². The zero-order valence-electron chi connectivity index (χ0n) is 5.98. The maximum absolute atomic E-state index is 10.7. The van der Waals surface area contributed by atoms with Crippen molar-refractivity contribution in [2.75, 3.05) is 0 Å². The molecule has 0 bridgehead atoms. The molecule has 0 aromatic heterocycles. The molecule has 7 nitrogen and oxygen atoms in total. The highest BCUT2D eigenvalue weighted by molar-refractivity contribution is 5.87. The van der Waals surface area contributed by atoms with E-state index < -0.39 is 17.1 Å². The predicted octanol–water partition coefficient (Wildman–Crippen LogP) is -1.00. The average Bonchev–Trinajstić information content (AvgIpc) is 2.34. The van der Waals surface area contributed by atoms with Gasteiger partial charge in [0.25, 0.3) is 0 Å². The monoisotopic (exact) mass is 174 g/mol. The van der Waals surface area contributed by atoms with Gasteiger partial charge in [0.15, 0.2) is 0 Å². The molecule has 1 aliphatic rings. The smallest absolute Gasteiger partial charge is 0.325 e. The summed E-state index contributed by atoms with van der Waals surface area (Å²) in [6.07, 6.45) is 0.461. The normalized spacial score (nSPS) is 21.7. The van der Waals surface area contributed by atoms with Crippen LogP contribution in [0.1, 0.15) is 12.8 Å². The fraction of sp³-hybridized carbons (Fsp3) is 0.600. The largest absolute Gasteiger partial charge is 0.344 e. The van der Waals surface area contributed by atoms with E-state index in [1.807, 2.05) is 0 Å². The van der Waals surface area contributed by atoms with Crippen molar-refractivity contribution in [1.82, 2.24) is 5.32 Å². The zero-order chi connectivity index (χ0) is 9.14. The average molecular weight is 174 g/mol. The summed E-state index contributed by atoms with van der Waals surface area (Å²) in [4.78, 5) is 34.6. The first-order valence-electron chi connectivity index (χ1n) is 3.25. The Kier molecular flexibility index (Phi) is 2.22. The molecule has 1 rings (SSSR count). The lowest BCUT2D eigenvalue weighted by molar-refractivity contribution is -0.730. The molecule has 12 heavy (non-hydrogen) atoms. The fourth-order valence-electron chi connectivity index (χ4n) is 0.928. The number of carbonyl (C=O) groups excluding carboxylic acids is 2. The third-order valence-corrected chi connectivity index (χ3v) is 1.44. The van der Waals surface area contributed by atoms with Crippen LogP contribution in [-0.4, -0.2) is 23.0 Å². The van der Waals surface area contributed by atoms with E-state index in [0.717, 1.165) is 0 Å². The van der Waals surface area contributed by atoms with Crippen molar-refractivity contribution in [2.24, 2.45) is 0 Å². The van der Waals surface area contributed by atoms with Crippen LogP contribution in [0.4, 0.5) is 0 Å². The summed E-state index contributed by atoms with van der Waals surface area (Å²) in [6, 6.07) is -0.858. The molecular formula is C5H6N2O5. The highest BCUT2D eigenvalue weighted by atomic mass is 17.0. The van der Waals surface area contributed by atoms with Gasteiger partial charge in [-0.25, -0.2) is 4.84 Å². The molecule has 1 fully saturated rings. The van der Waals surface area contributed by atoms with Gasteiger partial charge in [0.1, 0.15) is 6.04 Å². The van der Waals surface area contributed by atoms with Crippen molar-refractivity contribution in [3.05, 3.63) is 10.1 Å². The number of nitrogens with one attached hydrogen (secondary N) is 1. The van der Waals surface area contributed by atoms with E-state index in [1.54, 1.807) is 0 Å². The van der Waals surface area contributed by atoms with Crippen molar-refractivity contribution in [2.45, 2.75) is 18.9 Å². The van der Waals surface area contributed by atoms with E-state index >= 15 is 0 Å². The van der Waals surface area contributed by atoms with Crippen LogP contribution in [0.2, 0.25) is 0 Å². The molecule has 1 aliphatic heterocycles. The summed E-state index contributed by atoms with van der Waals surface area (Å²) >= 11 is 0. The lowest BCUT2D eigenvalue weighted by atomic mass is 10.2. The van der Waals surface area contributed by atoms with Crippen molar-refractivity contribution >= 4 is 11.9 Å². The van der Waals surface area contributed by atoms with Crippen molar-refractivity contribution in [1.29, 1.82) is 0 Å². The second kappa shape index (κ2) is 3.16. The van der Waals surface area contributed by atoms with Crippen molar-refractivity contribution < 1.29 is 19.5 Å². The Labute approximate surface area is 66.8 Å². The van der Waals surface area contributed by atoms with E-state index in [-0.39, 0.29) is 18.7 Å². The van der Waals surface area contributed by atoms with Gasteiger partial charge in [-0.2, -0.15) is 0 Å². The van der Waals surface area contributed by atoms with Crippen LogP contribution in [0.25, 0.3) is 0 Å². The van der Waals surface area contributed by atoms with E-state index in [2.05, 4.69) is 10.2 Å². The number of hydrogen-bond acceptors (Lipinski definition) is 5. The second-order valence-corrected chi connectivity index (χ2v) is 2.29. The molecule has 0 saturated carbocycles. The number of rotatable bonds is 2. The van der Waals surface area contributed by atoms with E-state index in [9.17, 15) is 19.7 Å². The Morgan fingerprint density at radius 2 is 2.42 bits per heavy atom. The molecule has 1 heterocycles. The van der Waals surface area contributed by atoms with Gasteiger partial charge in [-0.3, -0.25) is 9.59 Å². The number of hydrogen-bond donors (Lipinski definition) is 1. The summed E-state index contributed by atoms with van der Waals surface area (Å²) in [7, 11) is 0. The van der Waals surface area contributed by atoms with Crippen LogP contribution in [0.15, 0.2) is 0 Å². The van der Waals surface area contributed by atoms with Crippen LogP contribution in [0.3, 0.4) is 0 Å². The molecule has 1 atom stereocenters. The van der Waals surface area contributed by atoms with Gasteiger partial charge in [0, 0.05) is 6.42 Å². The summed E-state index contributed by atoms with van der Waals surface area (Å²) in [5.41, 5.74) is 0. The van der Waals surface area contributed by atoms with Gasteiger partial charge in [-0.15, -0.1) is 10.1 Å². The third-order valence-electron chi connectivity index (χ3n) is 1.44. The molecule has 7 heteroatoms. The zero-order valence-corrected chi connectivity index (χ0v) is 5.98. The molecule has 0 aliphatic carbocycles. The maximum atomic E-state index is 10.7. The Morgan fingerprint density at radius 1 is 1.75 bits per heavy atom. The van der Waals surface area contributed by atoms with Crippen molar-refractivity contribution in [3.63, 3.8) is 0 Å². The summed E-state index contributed by atoms with van der Waals surface area (Å²) < 4.78 is 0. The first kappa shape index (κ1) is 8.44. The number of amides is 1. The topological polar surface area (TPSA) is 98.5 Å². The fourth-order valence-corrected chi connectivity index (χ4v) is 0.928. The van der Waals surface area contributed by atoms with Crippen LogP contribution in [0.5, 0.6) is 0 Å². The number of nitrogens with zero attached hydrogens (tertiary/aromatic N) is 1. The van der Waals surface area contributed by atoms with Gasteiger partial charge in [0.05, 0.1) is 0 Å². The first-order chi connectivity index (χ1) is 5.59. The molecule has 0 aromatic rings. The van der Waals surface area contributed by atoms with Crippen molar-refractivity contribution in [3.8, 4) is 0 Å². The molecule has 0 spiro atoms. The molecule has 1 amide bonds. The summed E-state index contributed by atoms with van der Waals surface area (Å²) in [6.45, 7) is 0. The standard InChI is InChI=1S/C5H6N2O5/c8-4-2-1-3(6-4)5(9)12-7(10)11/h3H,1-2H2,(H,6,8). The quantitative estimate of drug-likeness (QED) is 0.427. The van der Waals surface area contributed by atoms with E-state index in [0.29, 0.717) is 0 Å². The van der Waals surface area contributed by atoms with Crippen LogP contribution in [0, 0.1) is 10.1 Å². The van der Waals surface area contributed by atoms with Gasteiger partial charge >= 0.3 is 11.1 Å². The second-order valence-electron chi connectivity index (χ2n) is 2.29. The highest BCUT2D eigenvalue weighted by Crippen LogP contribution is 2.07. The van der Waals surface area contributed by atoms with Gasteiger partial charge in [0.2, 0.25) is 5.91 Å². The molecule has 0 radical (unpaired) electrons. The molecule has 1 N–H and O–H groups in total. The Hall–Kier alpha value is -1.66. The molecule has 66 valence electrons. The Bertz CT molecular complexity index is 238. The minimum atomic E-state index is -1.19. The minimum Gasteiger partial charge on any atom is -0.344 e. The maximum Gasteiger partial charge on any atom is 0.325 e. The van der Waals surface area contributed by atoms with Gasteiger partial charge in [-0.1, -0.05) is 0 Å². The molecule has 1 saturated heterocycles. The van der Waals surface area contributed by atoms with Crippen LogP contribution < -0.4 is 5.32 Å². The highest BCUT2D eigenvalue weighted by Gasteiger charge is 2.29. The molecular weight excluding hydrogens is 168 g/mol. The summed E-state index contributed by atoms with van der Waals surface area (Å²) in [5, 5.41) is 10.8. The number of carbonyl (C=O) groups is 2. The Balaban J connectivity index is 2.43. The lowest BCUT2D eigenvalue weighted by Gasteiger charge is -2.04. The first-order valence-corrected chi connectivity index (χ1v) is 3.25. The van der Waals surface area contributed by atoms with E-state index in [4.69, 9.17) is 0 Å². The SMILES string of the molecule is O=C1CCC(C(=O)O[N+](=O)[O-])N1. The van der Waals surface area contributed by atoms with Gasteiger partial charge in [-0.05, 0) is 6.42 Å². The minimum absolute atomic E-state index is 0.206. The van der Waals surface area contributed by atoms with Crippen LogP contribution in [-0.2, 0) is 14.4 Å². The molecule has 0 aromatic carbocycles. The predicted molar refractivity (Wildman–Crippen MR) is 34.3 cm³/mol. The van der Waals surface area contributed by atoms with Crippen LogP contribution >= 0.6 is 0 Å². The van der Waals surface area contributed by atoms with E-state index in [1.165, 1.54) is 0 Å². The molecule has 1 unspecified atom stereocenters.